The molecule has 1 heterocycles. The molecule has 0 fully saturated rings. The van der Waals surface area contributed by atoms with E-state index in [0.717, 1.165) is 18.1 Å². The van der Waals surface area contributed by atoms with Crippen LogP contribution in [0.25, 0.3) is 0 Å². The SMILES string of the molecule is CCCCOc1cccs1. The van der Waals surface area contributed by atoms with Crippen molar-refractivity contribution in [1.29, 1.82) is 0 Å². The highest BCUT2D eigenvalue weighted by atomic mass is 32.1. The van der Waals surface area contributed by atoms with E-state index in [0.29, 0.717) is 0 Å². The molecule has 1 aromatic rings. The monoisotopic (exact) mass is 156 g/mol. The standard InChI is InChI=1S/C8H12OS/c1-2-3-6-9-8-5-4-7-10-8/h4-5,7H,2-3,6H2,1H3. The molecular weight excluding hydrogens is 144 g/mol. The van der Waals surface area contributed by atoms with Crippen LogP contribution >= 0.6 is 11.3 Å². The molecule has 0 saturated heterocycles. The van der Waals surface area contributed by atoms with Gasteiger partial charge in [-0.25, -0.2) is 0 Å². The molecule has 0 spiro atoms. The van der Waals surface area contributed by atoms with Crippen molar-refractivity contribution in [1.82, 2.24) is 0 Å². The Labute approximate surface area is 65.6 Å². The van der Waals surface area contributed by atoms with Crippen LogP contribution in [-0.2, 0) is 0 Å². The van der Waals surface area contributed by atoms with Crippen molar-refractivity contribution < 1.29 is 4.74 Å². The Balaban J connectivity index is 2.15. The van der Waals surface area contributed by atoms with Crippen LogP contribution in [-0.4, -0.2) is 6.61 Å². The maximum Gasteiger partial charge on any atom is 0.173 e. The molecule has 0 aliphatic carbocycles. The van der Waals surface area contributed by atoms with E-state index in [4.69, 9.17) is 4.74 Å². The second-order valence-corrected chi connectivity index (χ2v) is 3.04. The third-order valence-corrected chi connectivity index (χ3v) is 2.02. The fourth-order valence-corrected chi connectivity index (χ4v) is 1.26. The maximum atomic E-state index is 5.40. The highest BCUT2D eigenvalue weighted by Gasteiger charge is 1.90. The lowest BCUT2D eigenvalue weighted by molar-refractivity contribution is 0.318. The summed E-state index contributed by atoms with van der Waals surface area (Å²) in [7, 11) is 0. The van der Waals surface area contributed by atoms with Crippen LogP contribution in [0.2, 0.25) is 0 Å². The molecule has 0 aliphatic rings. The van der Waals surface area contributed by atoms with E-state index in [2.05, 4.69) is 6.92 Å². The third-order valence-electron chi connectivity index (χ3n) is 1.24. The van der Waals surface area contributed by atoms with Crippen LogP contribution in [0.1, 0.15) is 19.8 Å². The van der Waals surface area contributed by atoms with Crippen LogP contribution < -0.4 is 4.74 Å². The third kappa shape index (κ3) is 2.40. The van der Waals surface area contributed by atoms with Crippen molar-refractivity contribution in [2.75, 3.05) is 6.61 Å². The molecule has 0 amide bonds. The molecule has 56 valence electrons. The summed E-state index contributed by atoms with van der Waals surface area (Å²) in [6, 6.07) is 4.01. The van der Waals surface area contributed by atoms with E-state index in [1.807, 2.05) is 17.5 Å². The van der Waals surface area contributed by atoms with Gasteiger partial charge in [-0.05, 0) is 23.9 Å². The predicted molar refractivity (Wildman–Crippen MR) is 44.7 cm³/mol. The fraction of sp³-hybridized carbons (Fsp3) is 0.500. The Morgan fingerprint density at radius 2 is 2.50 bits per heavy atom. The molecule has 0 bridgehead atoms. The highest BCUT2D eigenvalue weighted by Crippen LogP contribution is 2.18. The fourth-order valence-electron chi connectivity index (χ4n) is 0.663. The summed E-state index contributed by atoms with van der Waals surface area (Å²) >= 11 is 1.65. The number of ether oxygens (including phenoxy) is 1. The average molecular weight is 156 g/mol. The molecule has 0 aliphatic heterocycles. The Bertz CT molecular complexity index is 158. The molecule has 1 rings (SSSR count). The molecule has 0 unspecified atom stereocenters. The molecule has 2 heteroatoms. The lowest BCUT2D eigenvalue weighted by Gasteiger charge is -1.99. The molecule has 0 saturated carbocycles. The molecule has 0 N–H and O–H groups in total. The van der Waals surface area contributed by atoms with Gasteiger partial charge in [0.25, 0.3) is 0 Å². The average Bonchev–Trinajstić information content (AvgIpc) is 2.41. The van der Waals surface area contributed by atoms with Crippen molar-refractivity contribution in [3.8, 4) is 5.06 Å². The van der Waals surface area contributed by atoms with Crippen LogP contribution in [0.5, 0.6) is 5.06 Å². The van der Waals surface area contributed by atoms with Crippen LogP contribution in [0.3, 0.4) is 0 Å². The summed E-state index contributed by atoms with van der Waals surface area (Å²) in [4.78, 5) is 0. The van der Waals surface area contributed by atoms with Crippen molar-refractivity contribution in [3.05, 3.63) is 17.5 Å². The highest BCUT2D eigenvalue weighted by molar-refractivity contribution is 7.11. The Kier molecular flexibility index (Phi) is 3.30. The van der Waals surface area contributed by atoms with E-state index in [-0.39, 0.29) is 0 Å². The summed E-state index contributed by atoms with van der Waals surface area (Å²) in [6.45, 7) is 3.02. The first-order chi connectivity index (χ1) is 4.93. The van der Waals surface area contributed by atoms with Crippen LogP contribution in [0, 0.1) is 0 Å². The van der Waals surface area contributed by atoms with Gasteiger partial charge < -0.3 is 4.74 Å². The minimum absolute atomic E-state index is 0.858. The summed E-state index contributed by atoms with van der Waals surface area (Å²) in [6.07, 6.45) is 2.35. The van der Waals surface area contributed by atoms with E-state index in [9.17, 15) is 0 Å². The normalized spacial score (nSPS) is 9.70. The number of rotatable bonds is 4. The van der Waals surface area contributed by atoms with E-state index in [1.54, 1.807) is 11.3 Å². The minimum Gasteiger partial charge on any atom is -0.484 e. The van der Waals surface area contributed by atoms with Gasteiger partial charge in [-0.3, -0.25) is 0 Å². The lowest BCUT2D eigenvalue weighted by Crippen LogP contribution is -1.93. The minimum atomic E-state index is 0.858. The second kappa shape index (κ2) is 4.34. The summed E-state index contributed by atoms with van der Waals surface area (Å²) in [5, 5.41) is 3.06. The first-order valence-corrected chi connectivity index (χ1v) is 4.47. The number of unbranched alkanes of at least 4 members (excludes halogenated alkanes) is 1. The zero-order valence-electron chi connectivity index (χ0n) is 6.17. The smallest absolute Gasteiger partial charge is 0.173 e. The van der Waals surface area contributed by atoms with E-state index in [1.165, 1.54) is 6.42 Å². The van der Waals surface area contributed by atoms with Crippen molar-refractivity contribution in [3.63, 3.8) is 0 Å². The maximum absolute atomic E-state index is 5.40. The molecule has 10 heavy (non-hydrogen) atoms. The van der Waals surface area contributed by atoms with Gasteiger partial charge in [0.05, 0.1) is 6.61 Å². The number of hydrogen-bond acceptors (Lipinski definition) is 2. The van der Waals surface area contributed by atoms with Crippen molar-refractivity contribution in [2.24, 2.45) is 0 Å². The molecule has 0 atom stereocenters. The first-order valence-electron chi connectivity index (χ1n) is 3.60. The largest absolute Gasteiger partial charge is 0.484 e. The van der Waals surface area contributed by atoms with Gasteiger partial charge in [0.15, 0.2) is 5.06 Å². The van der Waals surface area contributed by atoms with Crippen molar-refractivity contribution in [2.45, 2.75) is 19.8 Å². The summed E-state index contributed by atoms with van der Waals surface area (Å²) in [5.74, 6) is 0. The lowest BCUT2D eigenvalue weighted by atomic mass is 10.4. The Morgan fingerprint density at radius 1 is 1.60 bits per heavy atom. The zero-order valence-corrected chi connectivity index (χ0v) is 6.99. The summed E-state index contributed by atoms with van der Waals surface area (Å²) in [5.41, 5.74) is 0. The predicted octanol–water partition coefficient (Wildman–Crippen LogP) is 2.93. The molecule has 0 aromatic carbocycles. The summed E-state index contributed by atoms with van der Waals surface area (Å²) < 4.78 is 5.40. The number of hydrogen-bond donors (Lipinski definition) is 0. The van der Waals surface area contributed by atoms with Gasteiger partial charge in [0.2, 0.25) is 0 Å². The van der Waals surface area contributed by atoms with Gasteiger partial charge in [0, 0.05) is 0 Å². The molecule has 0 radical (unpaired) electrons. The number of thiophene rings is 1. The van der Waals surface area contributed by atoms with Crippen LogP contribution in [0.15, 0.2) is 17.5 Å². The van der Waals surface area contributed by atoms with Crippen molar-refractivity contribution >= 4 is 11.3 Å². The van der Waals surface area contributed by atoms with E-state index < -0.39 is 0 Å². The molecule has 1 aromatic heterocycles. The van der Waals surface area contributed by atoms with Gasteiger partial charge in [-0.2, -0.15) is 0 Å². The van der Waals surface area contributed by atoms with Gasteiger partial charge in [-0.15, -0.1) is 11.3 Å². The van der Waals surface area contributed by atoms with Gasteiger partial charge in [0.1, 0.15) is 0 Å². The quantitative estimate of drug-likeness (QED) is 0.609. The topological polar surface area (TPSA) is 9.23 Å². The van der Waals surface area contributed by atoms with Gasteiger partial charge in [-0.1, -0.05) is 13.3 Å². The van der Waals surface area contributed by atoms with E-state index >= 15 is 0 Å². The second-order valence-electron chi connectivity index (χ2n) is 2.13. The zero-order chi connectivity index (χ0) is 7.23. The molecular formula is C8H12OS. The molecule has 1 nitrogen and oxygen atoms in total. The Morgan fingerprint density at radius 3 is 3.10 bits per heavy atom. The first kappa shape index (κ1) is 7.61. The van der Waals surface area contributed by atoms with Crippen LogP contribution in [0.4, 0.5) is 0 Å². The van der Waals surface area contributed by atoms with Gasteiger partial charge >= 0.3 is 0 Å². The Hall–Kier alpha value is -0.500.